The van der Waals surface area contributed by atoms with Crippen LogP contribution >= 0.6 is 0 Å². The van der Waals surface area contributed by atoms with Gasteiger partial charge in [0.15, 0.2) is 11.5 Å². The van der Waals surface area contributed by atoms with Crippen molar-refractivity contribution in [3.05, 3.63) is 64.5 Å². The van der Waals surface area contributed by atoms with E-state index in [2.05, 4.69) is 15.3 Å². The molecule has 9 heteroatoms. The van der Waals surface area contributed by atoms with E-state index in [1.165, 1.54) is 16.7 Å². The van der Waals surface area contributed by atoms with Crippen LogP contribution in [-0.4, -0.2) is 46.0 Å². The number of halogens is 1. The highest BCUT2D eigenvalue weighted by Crippen LogP contribution is 2.33. The molecule has 0 spiro atoms. The Balaban J connectivity index is 1.39. The van der Waals surface area contributed by atoms with Crippen LogP contribution < -0.4 is 20.3 Å². The van der Waals surface area contributed by atoms with Gasteiger partial charge >= 0.3 is 0 Å². The van der Waals surface area contributed by atoms with Crippen LogP contribution in [0.25, 0.3) is 11.0 Å². The first-order valence-electron chi connectivity index (χ1n) is 10.8. The number of methoxy groups -OCH3 is 2. The maximum atomic E-state index is 13.7. The zero-order chi connectivity index (χ0) is 23.4. The fourth-order valence-corrected chi connectivity index (χ4v) is 4.06. The van der Waals surface area contributed by atoms with Crippen molar-refractivity contribution >= 4 is 16.9 Å². The first kappa shape index (κ1) is 22.7. The molecule has 0 atom stereocenters. The Labute approximate surface area is 190 Å². The molecule has 2 N–H and O–H groups in total. The molecule has 3 heterocycles. The molecule has 0 amide bonds. The van der Waals surface area contributed by atoms with Crippen LogP contribution in [0.15, 0.2) is 53.1 Å². The Hall–Kier alpha value is -3.46. The third-order valence-electron chi connectivity index (χ3n) is 6.06. The van der Waals surface area contributed by atoms with Gasteiger partial charge in [0.05, 0.1) is 43.2 Å². The van der Waals surface area contributed by atoms with Gasteiger partial charge in [0.2, 0.25) is 0 Å². The Kier molecular flexibility index (Phi) is 6.60. The lowest BCUT2D eigenvalue weighted by Gasteiger charge is -2.33. The lowest BCUT2D eigenvalue weighted by atomic mass is 9.82. The summed E-state index contributed by atoms with van der Waals surface area (Å²) < 4.78 is 25.7. The van der Waals surface area contributed by atoms with Crippen molar-refractivity contribution in [3.63, 3.8) is 0 Å². The number of hydrogen-bond acceptors (Lipinski definition) is 7. The van der Waals surface area contributed by atoms with Crippen molar-refractivity contribution < 1.29 is 19.0 Å². The van der Waals surface area contributed by atoms with Gasteiger partial charge < -0.3 is 24.5 Å². The summed E-state index contributed by atoms with van der Waals surface area (Å²) in [5.74, 6) is 1.22. The number of allylic oxidation sites excluding steroid dienone is 2. The molecule has 4 rings (SSSR count). The highest BCUT2D eigenvalue weighted by atomic mass is 19.1. The van der Waals surface area contributed by atoms with Crippen molar-refractivity contribution in [1.82, 2.24) is 14.5 Å². The molecule has 8 nitrogen and oxygen atoms in total. The Morgan fingerprint density at radius 3 is 2.64 bits per heavy atom. The number of hydrogen-bond donors (Lipinski definition) is 2. The zero-order valence-electron chi connectivity index (χ0n) is 18.7. The molecule has 33 heavy (non-hydrogen) atoms. The van der Waals surface area contributed by atoms with Crippen LogP contribution in [-0.2, 0) is 6.54 Å². The summed E-state index contributed by atoms with van der Waals surface area (Å²) in [5.41, 5.74) is 1.14. The monoisotopic (exact) mass is 454 g/mol. The number of pyridine rings is 3. The van der Waals surface area contributed by atoms with E-state index >= 15 is 0 Å². The summed E-state index contributed by atoms with van der Waals surface area (Å²) in [5, 5.41) is 14.2. The van der Waals surface area contributed by atoms with Crippen molar-refractivity contribution in [1.29, 1.82) is 0 Å². The molecule has 0 radical (unpaired) electrons. The molecule has 0 unspecified atom stereocenters. The van der Waals surface area contributed by atoms with E-state index < -0.39 is 11.4 Å². The average molecular weight is 455 g/mol. The number of aliphatic hydroxyl groups is 1. The Bertz CT molecular complexity index is 1230. The van der Waals surface area contributed by atoms with Gasteiger partial charge in [-0.15, -0.1) is 0 Å². The van der Waals surface area contributed by atoms with Gasteiger partial charge in [-0.3, -0.25) is 9.78 Å². The van der Waals surface area contributed by atoms with Crippen molar-refractivity contribution in [3.8, 4) is 11.5 Å². The molecule has 0 aliphatic heterocycles. The molecule has 1 aliphatic carbocycles. The molecule has 0 bridgehead atoms. The predicted octanol–water partition coefficient (Wildman–Crippen LogP) is 3.29. The number of ether oxygens (including phenoxy) is 2. The van der Waals surface area contributed by atoms with Crippen LogP contribution in [0, 0.1) is 5.82 Å². The maximum Gasteiger partial charge on any atom is 0.251 e. The predicted molar refractivity (Wildman–Crippen MR) is 123 cm³/mol. The van der Waals surface area contributed by atoms with Gasteiger partial charge in [-0.1, -0.05) is 11.6 Å². The van der Waals surface area contributed by atoms with Crippen molar-refractivity contribution in [2.45, 2.75) is 37.8 Å². The third kappa shape index (κ3) is 5.14. The van der Waals surface area contributed by atoms with Gasteiger partial charge in [0.1, 0.15) is 11.6 Å². The molecule has 0 saturated heterocycles. The number of anilines is 1. The maximum absolute atomic E-state index is 13.7. The van der Waals surface area contributed by atoms with E-state index in [-0.39, 0.29) is 5.56 Å². The average Bonchev–Trinajstić information content (AvgIpc) is 2.83. The van der Waals surface area contributed by atoms with E-state index in [4.69, 9.17) is 9.47 Å². The lowest BCUT2D eigenvalue weighted by molar-refractivity contribution is 0.0266. The number of nitrogens with one attached hydrogen (secondary N) is 1. The fourth-order valence-electron chi connectivity index (χ4n) is 4.06. The summed E-state index contributed by atoms with van der Waals surface area (Å²) in [6.07, 6.45) is 7.30. The molecular formula is C24H27FN4O4. The minimum atomic E-state index is -0.866. The first-order chi connectivity index (χ1) is 15.9. The first-order valence-corrected chi connectivity index (χ1v) is 10.8. The Morgan fingerprint density at radius 2 is 1.91 bits per heavy atom. The quantitative estimate of drug-likeness (QED) is 0.529. The lowest BCUT2D eigenvalue weighted by Crippen LogP contribution is -2.39. The van der Waals surface area contributed by atoms with Crippen LogP contribution in [0.4, 0.5) is 10.2 Å². The van der Waals surface area contributed by atoms with Crippen molar-refractivity contribution in [2.75, 3.05) is 26.1 Å². The van der Waals surface area contributed by atoms with E-state index in [9.17, 15) is 14.3 Å². The molecule has 3 aromatic rings. The highest BCUT2D eigenvalue weighted by Gasteiger charge is 2.30. The second kappa shape index (κ2) is 9.58. The molecule has 0 aromatic carbocycles. The SMILES string of the molecule is COc1cnc(NCC2(O)CCC(=CCn3c(=O)ccc4ncc(F)cc43)CC2)cc1OC. The molecular weight excluding hydrogens is 427 g/mol. The summed E-state index contributed by atoms with van der Waals surface area (Å²) >= 11 is 0. The number of fused-ring (bicyclic) bond motifs is 1. The fraction of sp³-hybridized carbons (Fsp3) is 0.375. The van der Waals surface area contributed by atoms with Crippen LogP contribution in [0.3, 0.4) is 0 Å². The zero-order valence-corrected chi connectivity index (χ0v) is 18.7. The van der Waals surface area contributed by atoms with Gasteiger partial charge in [-0.2, -0.15) is 0 Å². The van der Waals surface area contributed by atoms with Gasteiger partial charge in [0, 0.05) is 31.3 Å². The van der Waals surface area contributed by atoms with Crippen LogP contribution in [0.5, 0.6) is 11.5 Å². The molecule has 1 fully saturated rings. The van der Waals surface area contributed by atoms with E-state index in [0.717, 1.165) is 11.8 Å². The summed E-state index contributed by atoms with van der Waals surface area (Å²) in [4.78, 5) is 20.7. The highest BCUT2D eigenvalue weighted by molar-refractivity contribution is 5.74. The normalized spacial score (nSPS) is 18.2. The van der Waals surface area contributed by atoms with E-state index in [0.29, 0.717) is 67.1 Å². The minimum absolute atomic E-state index is 0.203. The third-order valence-corrected chi connectivity index (χ3v) is 6.06. The second-order valence-corrected chi connectivity index (χ2v) is 8.20. The molecule has 174 valence electrons. The summed E-state index contributed by atoms with van der Waals surface area (Å²) in [6, 6.07) is 6.10. The van der Waals surface area contributed by atoms with E-state index in [1.54, 1.807) is 32.5 Å². The largest absolute Gasteiger partial charge is 0.493 e. The van der Waals surface area contributed by atoms with Gasteiger partial charge in [-0.25, -0.2) is 9.37 Å². The van der Waals surface area contributed by atoms with Crippen LogP contribution in [0.1, 0.15) is 25.7 Å². The second-order valence-electron chi connectivity index (χ2n) is 8.20. The molecule has 1 saturated carbocycles. The summed E-state index contributed by atoms with van der Waals surface area (Å²) in [6.45, 7) is 0.694. The molecule has 1 aliphatic rings. The van der Waals surface area contributed by atoms with Gasteiger partial charge in [-0.05, 0) is 31.7 Å². The smallest absolute Gasteiger partial charge is 0.251 e. The number of rotatable bonds is 7. The van der Waals surface area contributed by atoms with Crippen LogP contribution in [0.2, 0.25) is 0 Å². The van der Waals surface area contributed by atoms with Gasteiger partial charge in [0.25, 0.3) is 5.56 Å². The Morgan fingerprint density at radius 1 is 1.15 bits per heavy atom. The van der Waals surface area contributed by atoms with Crippen molar-refractivity contribution in [2.24, 2.45) is 0 Å². The minimum Gasteiger partial charge on any atom is -0.493 e. The topological polar surface area (TPSA) is 98.5 Å². The number of aromatic nitrogens is 3. The molecule has 3 aromatic heterocycles. The standard InChI is InChI=1S/C24H27FN4O4/c1-32-20-12-22(27-14-21(20)33-2)28-15-24(31)8-5-16(6-9-24)7-10-29-19-11-17(25)13-26-18(19)3-4-23(29)30/h3-4,7,11-14,31H,5-6,8-10,15H2,1-2H3,(H,27,28). The van der Waals surface area contributed by atoms with E-state index in [1.807, 2.05) is 6.08 Å². The summed E-state index contributed by atoms with van der Waals surface area (Å²) in [7, 11) is 3.11. The number of nitrogens with zero attached hydrogens (tertiary/aromatic N) is 3.